The third-order valence-corrected chi connectivity index (χ3v) is 8.09. The summed E-state index contributed by atoms with van der Waals surface area (Å²) in [5.41, 5.74) is 0.271. The van der Waals surface area contributed by atoms with Crippen LogP contribution in [0.5, 0.6) is 0 Å². The summed E-state index contributed by atoms with van der Waals surface area (Å²) in [4.78, 5) is 46.6. The van der Waals surface area contributed by atoms with Gasteiger partial charge in [-0.05, 0) is 61.6 Å². The molecule has 3 fully saturated rings. The Kier molecular flexibility index (Phi) is 6.57. The fourth-order valence-corrected chi connectivity index (χ4v) is 5.63. The first-order chi connectivity index (χ1) is 17.7. The monoisotopic (exact) mass is 528 g/mol. The number of halogens is 2. The van der Waals surface area contributed by atoms with Gasteiger partial charge < -0.3 is 15.4 Å². The number of carbonyl (C=O) groups is 3. The number of rotatable bonds is 7. The third-order valence-electron chi connectivity index (χ3n) is 7.80. The van der Waals surface area contributed by atoms with Crippen molar-refractivity contribution in [2.24, 2.45) is 10.8 Å². The number of esters is 1. The van der Waals surface area contributed by atoms with Gasteiger partial charge in [0.2, 0.25) is 0 Å². The number of hydrogen-bond acceptors (Lipinski definition) is 7. The Morgan fingerprint density at radius 2 is 1.81 bits per heavy atom. The lowest BCUT2D eigenvalue weighted by atomic mass is 9.53. The van der Waals surface area contributed by atoms with Crippen molar-refractivity contribution in [3.05, 3.63) is 58.4 Å². The van der Waals surface area contributed by atoms with E-state index in [2.05, 4.69) is 25.7 Å². The minimum atomic E-state index is -0.546. The van der Waals surface area contributed by atoms with Crippen LogP contribution in [0.3, 0.4) is 0 Å². The van der Waals surface area contributed by atoms with Gasteiger partial charge in [-0.2, -0.15) is 14.6 Å². The van der Waals surface area contributed by atoms with E-state index in [0.717, 1.165) is 38.5 Å². The lowest BCUT2D eigenvalue weighted by Gasteiger charge is -2.51. The fraction of sp³-hybridized carbons (Fsp3) is 0.440. The summed E-state index contributed by atoms with van der Waals surface area (Å²) in [5.74, 6) is -1.50. The van der Waals surface area contributed by atoms with E-state index >= 15 is 0 Å². The standard InChI is InChI=1S/C25H26ClFN6O4/c1-37-22(36)25-7-4-24(5-8-25,6-9-25)13-29-21(35)19-11-18(32-23-30-14-31-33(19)23)20(34)28-12-15-2-3-17(27)16(26)10-15/h2-3,10-11,14H,4-9,12-13H2,1H3,(H,28,34)(H,29,35). The molecular formula is C25H26ClFN6O4. The highest BCUT2D eigenvalue weighted by Gasteiger charge is 2.53. The molecule has 0 spiro atoms. The van der Waals surface area contributed by atoms with Gasteiger partial charge >= 0.3 is 5.97 Å². The molecule has 0 saturated heterocycles. The lowest BCUT2D eigenvalue weighted by Crippen LogP contribution is -2.50. The van der Waals surface area contributed by atoms with Crippen LogP contribution in [0.2, 0.25) is 5.02 Å². The smallest absolute Gasteiger partial charge is 0.311 e. The maximum atomic E-state index is 13.4. The summed E-state index contributed by atoms with van der Waals surface area (Å²) < 4.78 is 19.7. The van der Waals surface area contributed by atoms with E-state index in [4.69, 9.17) is 16.3 Å². The van der Waals surface area contributed by atoms with Gasteiger partial charge in [-0.1, -0.05) is 17.7 Å². The van der Waals surface area contributed by atoms with Gasteiger partial charge in [-0.3, -0.25) is 14.4 Å². The van der Waals surface area contributed by atoms with Crippen LogP contribution in [-0.2, 0) is 16.1 Å². The summed E-state index contributed by atoms with van der Waals surface area (Å²) >= 11 is 5.81. The lowest BCUT2D eigenvalue weighted by molar-refractivity contribution is -0.162. The van der Waals surface area contributed by atoms with Crippen LogP contribution < -0.4 is 10.6 Å². The largest absolute Gasteiger partial charge is 0.469 e. The van der Waals surface area contributed by atoms with Crippen molar-refractivity contribution in [2.45, 2.75) is 45.1 Å². The molecule has 10 nitrogen and oxygen atoms in total. The van der Waals surface area contributed by atoms with Crippen molar-refractivity contribution >= 4 is 35.2 Å². The van der Waals surface area contributed by atoms with Gasteiger partial charge in [-0.15, -0.1) is 0 Å². The topological polar surface area (TPSA) is 128 Å². The molecule has 6 rings (SSSR count). The number of fused-ring (bicyclic) bond motifs is 4. The number of nitrogens with one attached hydrogen (secondary N) is 2. The Labute approximate surface area is 216 Å². The first kappa shape index (κ1) is 25.1. The quantitative estimate of drug-likeness (QED) is 0.451. The van der Waals surface area contributed by atoms with E-state index in [1.807, 2.05) is 0 Å². The van der Waals surface area contributed by atoms with Crippen molar-refractivity contribution in [1.29, 1.82) is 0 Å². The molecule has 2 N–H and O–H groups in total. The molecule has 0 radical (unpaired) electrons. The van der Waals surface area contributed by atoms with Crippen LogP contribution in [0.1, 0.15) is 65.1 Å². The zero-order valence-electron chi connectivity index (χ0n) is 20.2. The highest BCUT2D eigenvalue weighted by Crippen LogP contribution is 2.57. The maximum absolute atomic E-state index is 13.4. The molecule has 0 aliphatic heterocycles. The normalized spacial score (nSPS) is 22.6. The number of aromatic nitrogens is 4. The number of amides is 2. The predicted molar refractivity (Wildman–Crippen MR) is 130 cm³/mol. The molecule has 3 aliphatic rings. The van der Waals surface area contributed by atoms with Gasteiger partial charge in [0.1, 0.15) is 23.5 Å². The van der Waals surface area contributed by atoms with Crippen LogP contribution in [-0.4, -0.2) is 51.0 Å². The Bertz CT molecular complexity index is 1370. The van der Waals surface area contributed by atoms with Gasteiger partial charge in [0.25, 0.3) is 17.6 Å². The molecule has 3 aliphatic carbocycles. The second-order valence-corrected chi connectivity index (χ2v) is 10.3. The molecule has 2 amide bonds. The van der Waals surface area contributed by atoms with Gasteiger partial charge in [0.05, 0.1) is 17.5 Å². The Morgan fingerprint density at radius 1 is 1.08 bits per heavy atom. The van der Waals surface area contributed by atoms with E-state index in [0.29, 0.717) is 12.1 Å². The fourth-order valence-electron chi connectivity index (χ4n) is 5.42. The molecule has 2 aromatic heterocycles. The zero-order valence-corrected chi connectivity index (χ0v) is 21.0. The molecule has 2 bridgehead atoms. The van der Waals surface area contributed by atoms with Crippen LogP contribution in [0.15, 0.2) is 30.6 Å². The Hall–Kier alpha value is -3.60. The van der Waals surface area contributed by atoms with Gasteiger partial charge in [0.15, 0.2) is 0 Å². The first-order valence-corrected chi connectivity index (χ1v) is 12.4. The Balaban J connectivity index is 1.28. The second-order valence-electron chi connectivity index (χ2n) is 9.88. The minimum absolute atomic E-state index is 0.00443. The minimum Gasteiger partial charge on any atom is -0.469 e. The molecule has 0 atom stereocenters. The number of methoxy groups -OCH3 is 1. The average molecular weight is 529 g/mol. The van der Waals surface area contributed by atoms with Crippen LogP contribution >= 0.6 is 11.6 Å². The summed E-state index contributed by atoms with van der Waals surface area (Å²) in [6, 6.07) is 5.53. The zero-order chi connectivity index (χ0) is 26.2. The van der Waals surface area contributed by atoms with E-state index in [9.17, 15) is 18.8 Å². The van der Waals surface area contributed by atoms with E-state index < -0.39 is 17.6 Å². The van der Waals surface area contributed by atoms with Gasteiger partial charge in [0, 0.05) is 19.2 Å². The summed E-state index contributed by atoms with van der Waals surface area (Å²) in [6.07, 6.45) is 6.01. The molecule has 12 heteroatoms. The average Bonchev–Trinajstić information content (AvgIpc) is 3.41. The van der Waals surface area contributed by atoms with Crippen molar-refractivity contribution in [3.63, 3.8) is 0 Å². The van der Waals surface area contributed by atoms with Gasteiger partial charge in [-0.25, -0.2) is 9.37 Å². The number of benzene rings is 1. The van der Waals surface area contributed by atoms with E-state index in [-0.39, 0.29) is 45.5 Å². The predicted octanol–water partition coefficient (Wildman–Crippen LogP) is 3.09. The molecule has 3 saturated carbocycles. The molecule has 0 unspecified atom stereocenters. The number of carbonyl (C=O) groups excluding carboxylic acids is 3. The maximum Gasteiger partial charge on any atom is 0.311 e. The third kappa shape index (κ3) is 4.75. The molecule has 37 heavy (non-hydrogen) atoms. The molecule has 194 valence electrons. The molecule has 3 aromatic rings. The van der Waals surface area contributed by atoms with Crippen LogP contribution in [0.4, 0.5) is 4.39 Å². The summed E-state index contributed by atoms with van der Waals surface area (Å²) in [7, 11) is 1.43. The Morgan fingerprint density at radius 3 is 2.49 bits per heavy atom. The number of ether oxygens (including phenoxy) is 1. The number of hydrogen-bond donors (Lipinski definition) is 2. The summed E-state index contributed by atoms with van der Waals surface area (Å²) in [5, 5.41) is 9.74. The molecular weight excluding hydrogens is 503 g/mol. The second kappa shape index (κ2) is 9.70. The highest BCUT2D eigenvalue weighted by molar-refractivity contribution is 6.30. The van der Waals surface area contributed by atoms with Crippen molar-refractivity contribution in [1.82, 2.24) is 30.2 Å². The van der Waals surface area contributed by atoms with Crippen molar-refractivity contribution in [2.75, 3.05) is 13.7 Å². The molecule has 1 aromatic carbocycles. The van der Waals surface area contributed by atoms with E-state index in [1.54, 1.807) is 0 Å². The van der Waals surface area contributed by atoms with Crippen LogP contribution in [0.25, 0.3) is 5.78 Å². The SMILES string of the molecule is COC(=O)C12CCC(CNC(=O)c3cc(C(=O)NCc4ccc(F)c(Cl)c4)nc4ncnn34)(CC1)CC2. The van der Waals surface area contributed by atoms with Crippen molar-refractivity contribution in [3.8, 4) is 0 Å². The van der Waals surface area contributed by atoms with Crippen LogP contribution in [0, 0.1) is 16.6 Å². The highest BCUT2D eigenvalue weighted by atomic mass is 35.5. The summed E-state index contributed by atoms with van der Waals surface area (Å²) in [6.45, 7) is 0.546. The van der Waals surface area contributed by atoms with E-state index in [1.165, 1.54) is 42.2 Å². The van der Waals surface area contributed by atoms with Crippen molar-refractivity contribution < 1.29 is 23.5 Å². The molecule has 2 heterocycles. The first-order valence-electron chi connectivity index (χ1n) is 12.0. The number of nitrogens with zero attached hydrogens (tertiary/aromatic N) is 4.